The molecule has 1 aliphatic carbocycles. The predicted molar refractivity (Wildman–Crippen MR) is 151 cm³/mol. The third-order valence-corrected chi connectivity index (χ3v) is 11.0. The summed E-state index contributed by atoms with van der Waals surface area (Å²) in [5, 5.41) is 8.22. The zero-order valence-electron chi connectivity index (χ0n) is 23.2. The van der Waals surface area contributed by atoms with Crippen molar-refractivity contribution in [1.82, 2.24) is 24.2 Å². The van der Waals surface area contributed by atoms with Gasteiger partial charge in [-0.1, -0.05) is 0 Å². The van der Waals surface area contributed by atoms with E-state index < -0.39 is 21.2 Å². The van der Waals surface area contributed by atoms with Gasteiger partial charge in [-0.05, 0) is 75.9 Å². The molecule has 0 amide bonds. The molecule has 0 radical (unpaired) electrons. The maximum absolute atomic E-state index is 15.8. The minimum absolute atomic E-state index is 0.0638. The number of aromatic nitrogens is 4. The fourth-order valence-electron chi connectivity index (χ4n) is 5.75. The van der Waals surface area contributed by atoms with Gasteiger partial charge in [0, 0.05) is 54.8 Å². The Balaban J connectivity index is 1.53. The molecule has 1 saturated carbocycles. The minimum atomic E-state index is -2.72. The average molecular weight is 567 g/mol. The van der Waals surface area contributed by atoms with E-state index in [4.69, 9.17) is 5.10 Å². The van der Waals surface area contributed by atoms with Crippen LogP contribution in [0, 0.1) is 32.4 Å². The maximum Gasteiger partial charge on any atom is 0.338 e. The summed E-state index contributed by atoms with van der Waals surface area (Å²) in [6.07, 6.45) is 5.40. The number of rotatable bonds is 5. The lowest BCUT2D eigenvalue weighted by Crippen LogP contribution is -2.30. The Morgan fingerprint density at radius 1 is 1.05 bits per heavy atom. The van der Waals surface area contributed by atoms with Crippen LogP contribution in [0.4, 0.5) is 8.78 Å². The van der Waals surface area contributed by atoms with Crippen LogP contribution in [-0.4, -0.2) is 42.0 Å². The second-order valence-corrected chi connectivity index (χ2v) is 13.3. The van der Waals surface area contributed by atoms with Crippen LogP contribution in [0.2, 0.25) is 0 Å². The van der Waals surface area contributed by atoms with Crippen molar-refractivity contribution in [1.29, 1.82) is 0 Å². The Kier molecular flexibility index (Phi) is 6.34. The SMILES string of the molecule is CN=S(=O)(c1ccc(-n2ccn(-c3c4c(nn3-c3cc(C)c(F)c(C)c3)CCN[C@H]4C)c2=O)c(F)c1C)C1CC1. The summed E-state index contributed by atoms with van der Waals surface area (Å²) in [5.41, 5.74) is 3.13. The lowest BCUT2D eigenvalue weighted by Gasteiger charge is -2.21. The van der Waals surface area contributed by atoms with Gasteiger partial charge in [-0.2, -0.15) is 5.10 Å². The Labute approximate surface area is 231 Å². The first kappa shape index (κ1) is 26.6. The van der Waals surface area contributed by atoms with Crippen LogP contribution in [0.25, 0.3) is 17.2 Å². The van der Waals surface area contributed by atoms with Crippen LogP contribution in [0.15, 0.2) is 50.7 Å². The first-order valence-corrected chi connectivity index (χ1v) is 15.0. The van der Waals surface area contributed by atoms with E-state index >= 15 is 4.39 Å². The molecular weight excluding hydrogens is 534 g/mol. The molecule has 11 heteroatoms. The molecule has 1 aliphatic heterocycles. The third-order valence-electron chi connectivity index (χ3n) is 8.03. The highest BCUT2D eigenvalue weighted by molar-refractivity contribution is 7.94. The molecule has 4 aromatic rings. The van der Waals surface area contributed by atoms with Crippen molar-refractivity contribution in [2.75, 3.05) is 13.6 Å². The summed E-state index contributed by atoms with van der Waals surface area (Å²) in [4.78, 5) is 14.3. The molecule has 2 aliphatic rings. The Morgan fingerprint density at radius 2 is 1.73 bits per heavy atom. The molecule has 6 rings (SSSR count). The summed E-state index contributed by atoms with van der Waals surface area (Å²) in [7, 11) is -1.21. The number of benzene rings is 2. The fourth-order valence-corrected chi connectivity index (χ4v) is 8.17. The molecule has 1 fully saturated rings. The van der Waals surface area contributed by atoms with Crippen LogP contribution >= 0.6 is 0 Å². The van der Waals surface area contributed by atoms with Gasteiger partial charge < -0.3 is 5.32 Å². The first-order chi connectivity index (χ1) is 19.1. The van der Waals surface area contributed by atoms with E-state index in [1.807, 2.05) is 6.92 Å². The van der Waals surface area contributed by atoms with Crippen LogP contribution in [0.3, 0.4) is 0 Å². The molecule has 0 saturated heterocycles. The van der Waals surface area contributed by atoms with Crippen molar-refractivity contribution in [2.24, 2.45) is 4.36 Å². The molecule has 40 heavy (non-hydrogen) atoms. The zero-order valence-corrected chi connectivity index (χ0v) is 24.0. The van der Waals surface area contributed by atoms with Crippen molar-refractivity contribution < 1.29 is 13.0 Å². The lowest BCUT2D eigenvalue weighted by atomic mass is 10.0. The van der Waals surface area contributed by atoms with Crippen molar-refractivity contribution in [3.8, 4) is 17.2 Å². The van der Waals surface area contributed by atoms with Gasteiger partial charge in [0.2, 0.25) is 0 Å². The molecule has 2 aromatic carbocycles. The second-order valence-electron chi connectivity index (χ2n) is 10.7. The summed E-state index contributed by atoms with van der Waals surface area (Å²) in [6.45, 7) is 7.73. The molecule has 0 spiro atoms. The molecule has 1 N–H and O–H groups in total. The van der Waals surface area contributed by atoms with Crippen molar-refractivity contribution in [3.63, 3.8) is 0 Å². The molecular formula is C29H32F2N6O2S. The van der Waals surface area contributed by atoms with E-state index in [-0.39, 0.29) is 28.4 Å². The summed E-state index contributed by atoms with van der Waals surface area (Å²) in [6, 6.07) is 6.47. The number of nitrogens with one attached hydrogen (secondary N) is 1. The molecule has 3 heterocycles. The molecule has 2 aromatic heterocycles. The standard InChI is InChI=1S/C29H32F2N6O2S/c1-16-14-20(15-17(2)26(16)30)37-28(25-19(4)33-11-10-22(25)34-37)36-13-12-35(29(36)38)23-8-9-24(18(3)27(23)31)40(39,32-5)21-6-7-21/h8-9,12-15,19,21,33H,6-7,10-11H2,1-5H3/t19-,40?/m0/s1. The highest BCUT2D eigenvalue weighted by atomic mass is 32.2. The third kappa shape index (κ3) is 3.97. The van der Waals surface area contributed by atoms with Crippen molar-refractivity contribution in [3.05, 3.63) is 86.7 Å². The van der Waals surface area contributed by atoms with Gasteiger partial charge in [-0.25, -0.2) is 26.8 Å². The number of hydrogen-bond donors (Lipinski definition) is 1. The summed E-state index contributed by atoms with van der Waals surface area (Å²) >= 11 is 0. The van der Waals surface area contributed by atoms with E-state index in [9.17, 15) is 13.4 Å². The Bertz CT molecular complexity index is 1830. The molecule has 2 atom stereocenters. The quantitative estimate of drug-likeness (QED) is 0.375. The van der Waals surface area contributed by atoms with Gasteiger partial charge in [0.25, 0.3) is 0 Å². The number of nitrogens with zero attached hydrogens (tertiary/aromatic N) is 5. The number of halogens is 2. The minimum Gasteiger partial charge on any atom is -0.310 e. The maximum atomic E-state index is 15.8. The smallest absolute Gasteiger partial charge is 0.310 e. The zero-order chi connectivity index (χ0) is 28.5. The van der Waals surface area contributed by atoms with E-state index in [1.165, 1.54) is 28.4 Å². The van der Waals surface area contributed by atoms with E-state index in [0.717, 1.165) is 30.6 Å². The van der Waals surface area contributed by atoms with Crippen molar-refractivity contribution >= 4 is 9.73 Å². The Hall–Kier alpha value is -3.57. The van der Waals surface area contributed by atoms with Crippen LogP contribution in [0.5, 0.6) is 0 Å². The van der Waals surface area contributed by atoms with E-state index in [1.54, 1.807) is 49.8 Å². The number of hydrogen-bond acceptors (Lipinski definition) is 5. The number of aryl methyl sites for hydroxylation is 2. The molecule has 0 bridgehead atoms. The number of imidazole rings is 1. The first-order valence-electron chi connectivity index (χ1n) is 13.4. The summed E-state index contributed by atoms with van der Waals surface area (Å²) < 4.78 is 52.4. The molecule has 8 nitrogen and oxygen atoms in total. The Morgan fingerprint density at radius 3 is 2.38 bits per heavy atom. The topological polar surface area (TPSA) is 86.2 Å². The highest BCUT2D eigenvalue weighted by Crippen LogP contribution is 2.38. The van der Waals surface area contributed by atoms with Crippen LogP contribution < -0.4 is 11.0 Å². The van der Waals surface area contributed by atoms with Gasteiger partial charge in [0.1, 0.15) is 11.6 Å². The van der Waals surface area contributed by atoms with Gasteiger partial charge in [-0.3, -0.25) is 9.13 Å². The van der Waals surface area contributed by atoms with Gasteiger partial charge in [-0.15, -0.1) is 0 Å². The van der Waals surface area contributed by atoms with Crippen LogP contribution in [0.1, 0.15) is 53.8 Å². The van der Waals surface area contributed by atoms with Gasteiger partial charge in [0.05, 0.1) is 31.7 Å². The normalized spacial score (nSPS) is 18.4. The highest BCUT2D eigenvalue weighted by Gasteiger charge is 2.36. The van der Waals surface area contributed by atoms with Gasteiger partial charge in [0.15, 0.2) is 5.82 Å². The van der Waals surface area contributed by atoms with Gasteiger partial charge >= 0.3 is 5.69 Å². The monoisotopic (exact) mass is 566 g/mol. The second kappa shape index (κ2) is 9.52. The van der Waals surface area contributed by atoms with Crippen molar-refractivity contribution in [2.45, 2.75) is 63.1 Å². The number of fused-ring (bicyclic) bond motifs is 1. The largest absolute Gasteiger partial charge is 0.338 e. The lowest BCUT2D eigenvalue weighted by molar-refractivity contribution is 0.536. The molecule has 1 unspecified atom stereocenters. The predicted octanol–water partition coefficient (Wildman–Crippen LogP) is 4.84. The van der Waals surface area contributed by atoms with Crippen LogP contribution in [-0.2, 0) is 16.1 Å². The molecule has 210 valence electrons. The van der Waals surface area contributed by atoms with E-state index in [2.05, 4.69) is 9.68 Å². The fraction of sp³-hybridized carbons (Fsp3) is 0.379. The van der Waals surface area contributed by atoms with E-state index in [0.29, 0.717) is 33.9 Å². The summed E-state index contributed by atoms with van der Waals surface area (Å²) in [5.74, 6) is -0.361. The average Bonchev–Trinajstić information content (AvgIpc) is 3.63.